The minimum absolute atomic E-state index is 0.195. The molecule has 136 valence electrons. The molecular formula is C14H23N2O7P. The van der Waals surface area contributed by atoms with E-state index in [0.717, 1.165) is 4.57 Å². The van der Waals surface area contributed by atoms with Gasteiger partial charge >= 0.3 is 13.3 Å². The number of aliphatic hydroxyl groups excluding tert-OH is 1. The normalized spacial score (nSPS) is 13.5. The quantitative estimate of drug-likeness (QED) is 0.595. The van der Waals surface area contributed by atoms with E-state index in [1.54, 1.807) is 20.8 Å². The standard InChI is InChI=1S/C14H23N2O7P/c1-4-22-24(20,23-5-2)7-6-12(9-17)21-10-16-8-11(3)13(18)15-14(16)19/h6-8,12,17H,4-5,9-10H2,1-3H3,(H,15,18,19). The number of ether oxygens (including phenoxy) is 1. The minimum atomic E-state index is -3.39. The molecule has 1 atom stereocenters. The van der Waals surface area contributed by atoms with Gasteiger partial charge in [0, 0.05) is 17.6 Å². The van der Waals surface area contributed by atoms with Gasteiger partial charge in [-0.15, -0.1) is 0 Å². The van der Waals surface area contributed by atoms with Crippen LogP contribution in [0.2, 0.25) is 0 Å². The highest BCUT2D eigenvalue weighted by atomic mass is 31.2. The second kappa shape index (κ2) is 9.71. The van der Waals surface area contributed by atoms with Crippen LogP contribution in [-0.2, 0) is 25.1 Å². The summed E-state index contributed by atoms with van der Waals surface area (Å²) in [5, 5.41) is 9.34. The Kier molecular flexibility index (Phi) is 8.30. The van der Waals surface area contributed by atoms with Gasteiger partial charge in [0.25, 0.3) is 5.56 Å². The van der Waals surface area contributed by atoms with Gasteiger partial charge in [-0.1, -0.05) is 0 Å². The molecule has 0 radical (unpaired) electrons. The van der Waals surface area contributed by atoms with Gasteiger partial charge in [-0.2, -0.15) is 0 Å². The van der Waals surface area contributed by atoms with Gasteiger partial charge < -0.3 is 18.9 Å². The number of aromatic nitrogens is 2. The first-order chi connectivity index (χ1) is 11.3. The first-order valence-corrected chi connectivity index (χ1v) is 9.07. The smallest absolute Gasteiger partial charge is 0.353 e. The van der Waals surface area contributed by atoms with Gasteiger partial charge in [0.05, 0.1) is 19.8 Å². The molecule has 0 aliphatic rings. The van der Waals surface area contributed by atoms with Gasteiger partial charge in [0.2, 0.25) is 0 Å². The Morgan fingerprint density at radius 3 is 2.50 bits per heavy atom. The molecular weight excluding hydrogens is 339 g/mol. The number of hydrogen-bond acceptors (Lipinski definition) is 7. The highest BCUT2D eigenvalue weighted by molar-refractivity contribution is 7.57. The second-order valence-corrected chi connectivity index (χ2v) is 6.67. The van der Waals surface area contributed by atoms with Crippen LogP contribution >= 0.6 is 7.60 Å². The maximum Gasteiger partial charge on any atom is 0.353 e. The van der Waals surface area contributed by atoms with E-state index in [1.807, 2.05) is 0 Å². The molecule has 24 heavy (non-hydrogen) atoms. The predicted octanol–water partition coefficient (Wildman–Crippen LogP) is 0.960. The van der Waals surface area contributed by atoms with Crippen LogP contribution in [0.15, 0.2) is 27.7 Å². The summed E-state index contributed by atoms with van der Waals surface area (Å²) in [7, 11) is -3.39. The van der Waals surface area contributed by atoms with E-state index in [-0.39, 0.29) is 19.9 Å². The van der Waals surface area contributed by atoms with Crippen LogP contribution in [0.4, 0.5) is 0 Å². The van der Waals surface area contributed by atoms with Crippen LogP contribution in [0.1, 0.15) is 19.4 Å². The molecule has 0 aliphatic heterocycles. The van der Waals surface area contributed by atoms with E-state index in [1.165, 1.54) is 18.1 Å². The number of hydrogen-bond donors (Lipinski definition) is 2. The molecule has 1 aromatic rings. The van der Waals surface area contributed by atoms with Crippen LogP contribution in [-0.4, -0.2) is 40.6 Å². The number of H-pyrrole nitrogens is 1. The minimum Gasteiger partial charge on any atom is -0.393 e. The summed E-state index contributed by atoms with van der Waals surface area (Å²) in [5.41, 5.74) is -0.740. The SMILES string of the molecule is CCOP(=O)(C=CC(CO)OCn1cc(C)c(=O)[nH]c1=O)OCC. The lowest BCUT2D eigenvalue weighted by Crippen LogP contribution is -2.32. The number of nitrogens with one attached hydrogen (secondary N) is 1. The fourth-order valence-electron chi connectivity index (χ4n) is 1.74. The Labute approximate surface area is 139 Å². The predicted molar refractivity (Wildman–Crippen MR) is 88.0 cm³/mol. The summed E-state index contributed by atoms with van der Waals surface area (Å²) >= 11 is 0. The van der Waals surface area contributed by atoms with Crippen molar-refractivity contribution in [1.29, 1.82) is 0 Å². The molecule has 0 saturated carbocycles. The molecule has 1 unspecified atom stereocenters. The second-order valence-electron chi connectivity index (χ2n) is 4.77. The van der Waals surface area contributed by atoms with Crippen LogP contribution in [0.25, 0.3) is 0 Å². The Bertz CT molecular complexity index is 700. The maximum absolute atomic E-state index is 12.3. The molecule has 0 spiro atoms. The number of rotatable bonds is 10. The topological polar surface area (TPSA) is 120 Å². The average Bonchev–Trinajstić information content (AvgIpc) is 2.52. The van der Waals surface area contributed by atoms with E-state index in [0.29, 0.717) is 5.56 Å². The Balaban J connectivity index is 2.79. The van der Waals surface area contributed by atoms with Crippen LogP contribution in [0.5, 0.6) is 0 Å². The number of nitrogens with zero attached hydrogens (tertiary/aromatic N) is 1. The maximum atomic E-state index is 12.3. The third-order valence-electron chi connectivity index (χ3n) is 2.90. The molecule has 2 N–H and O–H groups in total. The Morgan fingerprint density at radius 1 is 1.33 bits per heavy atom. The zero-order chi connectivity index (χ0) is 18.2. The van der Waals surface area contributed by atoms with Crippen LogP contribution in [0.3, 0.4) is 0 Å². The lowest BCUT2D eigenvalue weighted by Gasteiger charge is -2.15. The Hall–Kier alpha value is -1.51. The van der Waals surface area contributed by atoms with Crippen molar-refractivity contribution in [2.45, 2.75) is 33.6 Å². The van der Waals surface area contributed by atoms with E-state index >= 15 is 0 Å². The summed E-state index contributed by atoms with van der Waals surface area (Å²) in [6.45, 7) is 4.75. The summed E-state index contributed by atoms with van der Waals surface area (Å²) in [6.07, 6.45) is 1.89. The largest absolute Gasteiger partial charge is 0.393 e. The van der Waals surface area contributed by atoms with Crippen molar-refractivity contribution < 1.29 is 23.5 Å². The summed E-state index contributed by atoms with van der Waals surface area (Å²) < 4.78 is 29.0. The van der Waals surface area contributed by atoms with Gasteiger partial charge in [0.15, 0.2) is 0 Å². The number of aryl methyl sites for hydroxylation is 1. The summed E-state index contributed by atoms with van der Waals surface area (Å²) in [5.74, 6) is 1.22. The highest BCUT2D eigenvalue weighted by Crippen LogP contribution is 2.49. The van der Waals surface area contributed by atoms with Crippen molar-refractivity contribution in [3.63, 3.8) is 0 Å². The van der Waals surface area contributed by atoms with Gasteiger partial charge in [0.1, 0.15) is 12.8 Å². The third kappa shape index (κ3) is 6.18. The molecule has 0 aliphatic carbocycles. The third-order valence-corrected chi connectivity index (χ3v) is 4.67. The molecule has 1 heterocycles. The Morgan fingerprint density at radius 2 is 1.96 bits per heavy atom. The monoisotopic (exact) mass is 362 g/mol. The van der Waals surface area contributed by atoms with Crippen molar-refractivity contribution in [3.8, 4) is 0 Å². The van der Waals surface area contributed by atoms with E-state index in [4.69, 9.17) is 13.8 Å². The molecule has 9 nitrogen and oxygen atoms in total. The molecule has 0 amide bonds. The van der Waals surface area contributed by atoms with Gasteiger partial charge in [-0.25, -0.2) is 4.79 Å². The van der Waals surface area contributed by atoms with Crippen molar-refractivity contribution in [2.24, 2.45) is 0 Å². The zero-order valence-electron chi connectivity index (χ0n) is 13.9. The molecule has 0 fully saturated rings. The molecule has 10 heteroatoms. The number of aliphatic hydroxyl groups is 1. The van der Waals surface area contributed by atoms with E-state index in [2.05, 4.69) is 4.98 Å². The summed E-state index contributed by atoms with van der Waals surface area (Å²) in [6, 6.07) is 0. The average molecular weight is 362 g/mol. The van der Waals surface area contributed by atoms with Crippen molar-refractivity contribution in [3.05, 3.63) is 44.5 Å². The molecule has 0 aromatic carbocycles. The first kappa shape index (κ1) is 20.5. The van der Waals surface area contributed by atoms with E-state index in [9.17, 15) is 19.3 Å². The fourth-order valence-corrected chi connectivity index (χ4v) is 3.11. The zero-order valence-corrected chi connectivity index (χ0v) is 14.8. The molecule has 0 saturated heterocycles. The van der Waals surface area contributed by atoms with Crippen LogP contribution < -0.4 is 11.2 Å². The molecule has 1 aromatic heterocycles. The highest BCUT2D eigenvalue weighted by Gasteiger charge is 2.20. The molecule has 0 bridgehead atoms. The van der Waals surface area contributed by atoms with E-state index < -0.39 is 31.6 Å². The van der Waals surface area contributed by atoms with Crippen molar-refractivity contribution >= 4 is 7.60 Å². The van der Waals surface area contributed by atoms with Crippen molar-refractivity contribution in [2.75, 3.05) is 19.8 Å². The lowest BCUT2D eigenvalue weighted by molar-refractivity contribution is 0.00110. The van der Waals surface area contributed by atoms with Crippen molar-refractivity contribution in [1.82, 2.24) is 9.55 Å². The molecule has 1 rings (SSSR count). The van der Waals surface area contributed by atoms with Gasteiger partial charge in [-0.05, 0) is 26.8 Å². The summed E-state index contributed by atoms with van der Waals surface area (Å²) in [4.78, 5) is 25.1. The van der Waals surface area contributed by atoms with Gasteiger partial charge in [-0.3, -0.25) is 18.9 Å². The lowest BCUT2D eigenvalue weighted by atomic mass is 10.4. The first-order valence-electron chi connectivity index (χ1n) is 7.46. The number of aromatic amines is 1. The van der Waals surface area contributed by atoms with Crippen LogP contribution in [0, 0.1) is 6.92 Å². The fraction of sp³-hybridized carbons (Fsp3) is 0.571.